The van der Waals surface area contributed by atoms with Crippen molar-refractivity contribution < 1.29 is 19.0 Å². The second-order valence-corrected chi connectivity index (χ2v) is 9.41. The zero-order valence-corrected chi connectivity index (χ0v) is 20.8. The highest BCUT2D eigenvalue weighted by Gasteiger charge is 2.24. The number of ether oxygens (including phenoxy) is 3. The van der Waals surface area contributed by atoms with Crippen LogP contribution in [0.2, 0.25) is 0 Å². The summed E-state index contributed by atoms with van der Waals surface area (Å²) >= 11 is 1.59. The zero-order valence-electron chi connectivity index (χ0n) is 20.0. The van der Waals surface area contributed by atoms with E-state index in [1.807, 2.05) is 59.6 Å². The van der Waals surface area contributed by atoms with Crippen LogP contribution in [0.4, 0.5) is 0 Å². The number of carbonyl (C=O) groups is 1. The highest BCUT2D eigenvalue weighted by Crippen LogP contribution is 2.34. The van der Waals surface area contributed by atoms with Crippen molar-refractivity contribution in [2.45, 2.75) is 25.4 Å². The van der Waals surface area contributed by atoms with E-state index in [1.54, 1.807) is 25.6 Å². The summed E-state index contributed by atoms with van der Waals surface area (Å²) in [4.78, 5) is 21.0. The minimum absolute atomic E-state index is 0.0417. The first kappa shape index (κ1) is 23.4. The first-order valence-corrected chi connectivity index (χ1v) is 12.7. The summed E-state index contributed by atoms with van der Waals surface area (Å²) in [7, 11) is 3.30. The van der Waals surface area contributed by atoms with Gasteiger partial charge in [-0.3, -0.25) is 9.20 Å². The molecule has 2 aromatic heterocycles. The summed E-state index contributed by atoms with van der Waals surface area (Å²) < 4.78 is 18.9. The third-order valence-corrected chi connectivity index (χ3v) is 7.25. The van der Waals surface area contributed by atoms with Crippen molar-refractivity contribution in [2.75, 3.05) is 33.9 Å². The van der Waals surface area contributed by atoms with Gasteiger partial charge >= 0.3 is 0 Å². The Hall–Kier alpha value is -3.36. The number of fused-ring (bicyclic) bond motifs is 1. The molecule has 1 atom stereocenters. The van der Waals surface area contributed by atoms with Crippen molar-refractivity contribution in [3.63, 3.8) is 0 Å². The van der Waals surface area contributed by atoms with Crippen LogP contribution in [0.1, 0.15) is 28.9 Å². The predicted octanol–water partition coefficient (Wildman–Crippen LogP) is 4.94. The molecule has 0 bridgehead atoms. The van der Waals surface area contributed by atoms with Crippen LogP contribution in [0.5, 0.6) is 11.5 Å². The van der Waals surface area contributed by atoms with Gasteiger partial charge in [0.05, 0.1) is 26.0 Å². The molecule has 8 heteroatoms. The molecule has 7 nitrogen and oxygen atoms in total. The molecule has 1 fully saturated rings. The van der Waals surface area contributed by atoms with Crippen molar-refractivity contribution in [1.82, 2.24) is 14.3 Å². The summed E-state index contributed by atoms with van der Waals surface area (Å²) in [6.07, 6.45) is 4.90. The van der Waals surface area contributed by atoms with Gasteiger partial charge in [-0.2, -0.15) is 0 Å². The predicted molar refractivity (Wildman–Crippen MR) is 137 cm³/mol. The number of methoxy groups -OCH3 is 2. The number of hydrogen-bond acceptors (Lipinski definition) is 6. The number of imidazole rings is 1. The molecule has 1 amide bonds. The van der Waals surface area contributed by atoms with Gasteiger partial charge in [-0.1, -0.05) is 18.2 Å². The minimum atomic E-state index is 0.0417. The summed E-state index contributed by atoms with van der Waals surface area (Å²) in [6, 6.07) is 15.2. The maximum Gasteiger partial charge on any atom is 0.253 e. The van der Waals surface area contributed by atoms with Gasteiger partial charge in [0.2, 0.25) is 0 Å². The van der Waals surface area contributed by atoms with Crippen molar-refractivity contribution in [3.05, 3.63) is 71.4 Å². The molecule has 1 unspecified atom stereocenters. The first-order valence-electron chi connectivity index (χ1n) is 11.8. The average molecular weight is 492 g/mol. The molecule has 0 spiro atoms. The quantitative estimate of drug-likeness (QED) is 0.332. The second kappa shape index (κ2) is 10.5. The number of carbonyl (C=O) groups excluding carboxylic acids is 1. The monoisotopic (exact) mass is 491 g/mol. The van der Waals surface area contributed by atoms with E-state index in [2.05, 4.69) is 9.78 Å². The van der Waals surface area contributed by atoms with E-state index < -0.39 is 0 Å². The van der Waals surface area contributed by atoms with Gasteiger partial charge in [-0.15, -0.1) is 11.3 Å². The SMILES string of the molecule is COc1ccc(OC)c(-c2cn3c(CCN(CC4CCCO4)C(=O)c4ccccc4)csc3n2)c1. The number of rotatable bonds is 9. The number of amides is 1. The molecule has 3 heterocycles. The highest BCUT2D eigenvalue weighted by atomic mass is 32.1. The lowest BCUT2D eigenvalue weighted by Crippen LogP contribution is -2.38. The maximum absolute atomic E-state index is 13.3. The number of benzene rings is 2. The van der Waals surface area contributed by atoms with Crippen LogP contribution in [-0.2, 0) is 11.2 Å². The molecule has 35 heavy (non-hydrogen) atoms. The Balaban J connectivity index is 1.38. The molecule has 5 rings (SSSR count). The van der Waals surface area contributed by atoms with E-state index in [9.17, 15) is 4.79 Å². The molecular weight excluding hydrogens is 462 g/mol. The van der Waals surface area contributed by atoms with Gasteiger partial charge < -0.3 is 19.1 Å². The van der Waals surface area contributed by atoms with Crippen molar-refractivity contribution >= 4 is 22.2 Å². The number of nitrogens with zero attached hydrogens (tertiary/aromatic N) is 3. The van der Waals surface area contributed by atoms with E-state index in [0.717, 1.165) is 59.3 Å². The van der Waals surface area contributed by atoms with Gasteiger partial charge in [-0.25, -0.2) is 4.98 Å². The lowest BCUT2D eigenvalue weighted by atomic mass is 10.1. The fourth-order valence-electron chi connectivity index (χ4n) is 4.48. The molecule has 1 saturated heterocycles. The Bertz CT molecular complexity index is 1290. The first-order chi connectivity index (χ1) is 17.2. The van der Waals surface area contributed by atoms with Gasteiger partial charge in [0, 0.05) is 54.5 Å². The molecule has 0 aliphatic carbocycles. The van der Waals surface area contributed by atoms with Crippen molar-refractivity contribution in [2.24, 2.45) is 0 Å². The molecule has 4 aromatic rings. The maximum atomic E-state index is 13.3. The number of thiazole rings is 1. The van der Waals surface area contributed by atoms with Gasteiger partial charge in [-0.05, 0) is 43.2 Å². The van der Waals surface area contributed by atoms with E-state index in [-0.39, 0.29) is 12.0 Å². The Morgan fingerprint density at radius 1 is 1.20 bits per heavy atom. The van der Waals surface area contributed by atoms with Crippen molar-refractivity contribution in [3.8, 4) is 22.8 Å². The highest BCUT2D eigenvalue weighted by molar-refractivity contribution is 7.15. The Labute approximate surface area is 208 Å². The Morgan fingerprint density at radius 2 is 2.06 bits per heavy atom. The molecule has 2 aromatic carbocycles. The fourth-order valence-corrected chi connectivity index (χ4v) is 5.38. The van der Waals surface area contributed by atoms with Gasteiger partial charge in [0.1, 0.15) is 11.5 Å². The topological polar surface area (TPSA) is 65.3 Å². The molecule has 1 aliphatic heterocycles. The van der Waals surface area contributed by atoms with E-state index in [4.69, 9.17) is 19.2 Å². The Morgan fingerprint density at radius 3 is 2.80 bits per heavy atom. The number of hydrogen-bond donors (Lipinski definition) is 0. The molecular formula is C27H29N3O4S. The van der Waals surface area contributed by atoms with Crippen LogP contribution in [0.25, 0.3) is 16.2 Å². The van der Waals surface area contributed by atoms with Crippen LogP contribution >= 0.6 is 11.3 Å². The standard InChI is InChI=1S/C27H29N3O4S/c1-32-21-10-11-25(33-2)23(15-21)24-17-30-20(18-35-27(30)28-24)12-13-29(16-22-9-6-14-34-22)26(31)19-7-4-3-5-8-19/h3-5,7-8,10-11,15,17-18,22H,6,9,12-14,16H2,1-2H3. The van der Waals surface area contributed by atoms with Crippen LogP contribution < -0.4 is 9.47 Å². The van der Waals surface area contributed by atoms with Crippen LogP contribution in [0.3, 0.4) is 0 Å². The minimum Gasteiger partial charge on any atom is -0.497 e. The Kier molecular flexibility index (Phi) is 7.01. The third-order valence-electron chi connectivity index (χ3n) is 6.36. The third kappa shape index (κ3) is 5.04. The largest absolute Gasteiger partial charge is 0.497 e. The summed E-state index contributed by atoms with van der Waals surface area (Å²) in [5, 5.41) is 2.12. The number of aromatic nitrogens is 2. The zero-order chi connectivity index (χ0) is 24.2. The van der Waals surface area contributed by atoms with Crippen molar-refractivity contribution in [1.29, 1.82) is 0 Å². The smallest absolute Gasteiger partial charge is 0.253 e. The molecule has 0 saturated carbocycles. The average Bonchev–Trinajstić information content (AvgIpc) is 3.65. The van der Waals surface area contributed by atoms with E-state index >= 15 is 0 Å². The second-order valence-electron chi connectivity index (χ2n) is 8.57. The summed E-state index contributed by atoms with van der Waals surface area (Å²) in [5.41, 5.74) is 3.53. The van der Waals surface area contributed by atoms with Gasteiger partial charge in [0.15, 0.2) is 4.96 Å². The van der Waals surface area contributed by atoms with E-state index in [1.165, 1.54) is 0 Å². The van der Waals surface area contributed by atoms with Crippen LogP contribution in [-0.4, -0.2) is 60.2 Å². The summed E-state index contributed by atoms with van der Waals surface area (Å²) in [6.45, 7) is 1.99. The lowest BCUT2D eigenvalue weighted by molar-refractivity contribution is 0.0528. The normalized spacial score (nSPS) is 15.4. The molecule has 0 radical (unpaired) electrons. The van der Waals surface area contributed by atoms with Gasteiger partial charge in [0.25, 0.3) is 5.91 Å². The van der Waals surface area contributed by atoms with Crippen LogP contribution in [0.15, 0.2) is 60.1 Å². The fraction of sp³-hybridized carbons (Fsp3) is 0.333. The summed E-state index contributed by atoms with van der Waals surface area (Å²) in [5.74, 6) is 1.54. The lowest BCUT2D eigenvalue weighted by Gasteiger charge is -2.25. The molecule has 182 valence electrons. The molecule has 0 N–H and O–H groups in total. The molecule has 1 aliphatic rings. The van der Waals surface area contributed by atoms with E-state index in [0.29, 0.717) is 18.7 Å². The van der Waals surface area contributed by atoms with Crippen LogP contribution in [0, 0.1) is 0 Å².